The third kappa shape index (κ3) is 5.22. The number of rotatable bonds is 3. The molecule has 4 heteroatoms. The highest BCUT2D eigenvalue weighted by molar-refractivity contribution is 5.78. The van der Waals surface area contributed by atoms with Crippen LogP contribution in [0.15, 0.2) is 5.10 Å². The van der Waals surface area contributed by atoms with E-state index >= 15 is 0 Å². The van der Waals surface area contributed by atoms with E-state index < -0.39 is 5.41 Å². The summed E-state index contributed by atoms with van der Waals surface area (Å²) in [5, 5.41) is 3.75. The molecule has 0 rings (SSSR count). The lowest BCUT2D eigenvalue weighted by Gasteiger charge is -2.18. The van der Waals surface area contributed by atoms with Gasteiger partial charge in [-0.3, -0.25) is 4.79 Å². The first-order valence-corrected chi connectivity index (χ1v) is 4.29. The first kappa shape index (κ1) is 11.9. The van der Waals surface area contributed by atoms with Gasteiger partial charge < -0.3 is 10.2 Å². The highest BCUT2D eigenvalue weighted by Gasteiger charge is 2.24. The van der Waals surface area contributed by atoms with E-state index in [1.807, 2.05) is 20.8 Å². The van der Waals surface area contributed by atoms with Crippen LogP contribution >= 0.6 is 0 Å². The monoisotopic (exact) mass is 186 g/mol. The predicted octanol–water partition coefficient (Wildman–Crippen LogP) is 1.17. The third-order valence-corrected chi connectivity index (χ3v) is 1.32. The Morgan fingerprint density at radius 2 is 2.08 bits per heavy atom. The molecular formula is C9H18N2O2. The fourth-order valence-corrected chi connectivity index (χ4v) is 0.556. The lowest BCUT2D eigenvalue weighted by atomic mass is 9.97. The molecule has 13 heavy (non-hydrogen) atoms. The summed E-state index contributed by atoms with van der Waals surface area (Å²) in [5.74, 6) is -0.220. The highest BCUT2D eigenvalue weighted by atomic mass is 16.5. The maximum Gasteiger partial charge on any atom is 0.311 e. The number of nitrogens with one attached hydrogen (secondary N) is 1. The van der Waals surface area contributed by atoms with Gasteiger partial charge in [-0.2, -0.15) is 5.10 Å². The van der Waals surface area contributed by atoms with Crippen molar-refractivity contribution in [1.82, 2.24) is 5.43 Å². The van der Waals surface area contributed by atoms with Gasteiger partial charge >= 0.3 is 5.97 Å². The van der Waals surface area contributed by atoms with Crippen molar-refractivity contribution in [3.8, 4) is 0 Å². The Labute approximate surface area is 79.3 Å². The maximum atomic E-state index is 11.3. The van der Waals surface area contributed by atoms with Crippen molar-refractivity contribution >= 4 is 12.2 Å². The van der Waals surface area contributed by atoms with Gasteiger partial charge in [0.05, 0.1) is 11.6 Å². The van der Waals surface area contributed by atoms with Gasteiger partial charge in [-0.05, 0) is 27.7 Å². The van der Waals surface area contributed by atoms with E-state index in [1.165, 1.54) is 0 Å². The standard InChI is InChI=1S/C9H18N2O2/c1-7(6-11-10-5)13-8(12)9(2,3)4/h6-7,10H,1-5H3/b11-6-. The molecule has 0 saturated heterocycles. The number of hydrogen-bond acceptors (Lipinski definition) is 4. The summed E-state index contributed by atoms with van der Waals surface area (Å²) in [6, 6.07) is 0. The summed E-state index contributed by atoms with van der Waals surface area (Å²) in [4.78, 5) is 11.3. The molecule has 76 valence electrons. The summed E-state index contributed by atoms with van der Waals surface area (Å²) in [6.07, 6.45) is 1.25. The van der Waals surface area contributed by atoms with Gasteiger partial charge in [-0.1, -0.05) is 0 Å². The van der Waals surface area contributed by atoms with Crippen molar-refractivity contribution in [2.75, 3.05) is 7.05 Å². The van der Waals surface area contributed by atoms with E-state index in [-0.39, 0.29) is 12.1 Å². The van der Waals surface area contributed by atoms with Crippen LogP contribution in [-0.4, -0.2) is 25.3 Å². The molecule has 0 spiro atoms. The molecule has 1 unspecified atom stereocenters. The maximum absolute atomic E-state index is 11.3. The van der Waals surface area contributed by atoms with Crippen molar-refractivity contribution in [3.05, 3.63) is 0 Å². The Morgan fingerprint density at radius 1 is 1.54 bits per heavy atom. The quantitative estimate of drug-likeness (QED) is 0.409. The van der Waals surface area contributed by atoms with Crippen LogP contribution in [0.3, 0.4) is 0 Å². The van der Waals surface area contributed by atoms with Crippen LogP contribution in [0.2, 0.25) is 0 Å². The van der Waals surface area contributed by atoms with Crippen LogP contribution in [0.4, 0.5) is 0 Å². The lowest BCUT2D eigenvalue weighted by Crippen LogP contribution is -2.27. The van der Waals surface area contributed by atoms with E-state index in [2.05, 4.69) is 10.5 Å². The second-order valence-corrected chi connectivity index (χ2v) is 3.86. The van der Waals surface area contributed by atoms with E-state index in [0.717, 1.165) is 0 Å². The Morgan fingerprint density at radius 3 is 2.46 bits per heavy atom. The molecule has 0 fully saturated rings. The normalized spacial score (nSPS) is 14.2. The topological polar surface area (TPSA) is 50.7 Å². The molecule has 0 aliphatic rings. The molecule has 0 saturated carbocycles. The minimum absolute atomic E-state index is 0.220. The van der Waals surface area contributed by atoms with Gasteiger partial charge in [0.1, 0.15) is 6.10 Å². The number of carbonyl (C=O) groups is 1. The molecule has 0 aromatic heterocycles. The number of hydrazone groups is 1. The SMILES string of the molecule is CN/N=C\C(C)OC(=O)C(C)(C)C. The van der Waals surface area contributed by atoms with Crippen LogP contribution in [0.25, 0.3) is 0 Å². The summed E-state index contributed by atoms with van der Waals surface area (Å²) >= 11 is 0. The Hall–Kier alpha value is -1.06. The van der Waals surface area contributed by atoms with Gasteiger partial charge in [0.15, 0.2) is 0 Å². The number of hydrogen-bond donors (Lipinski definition) is 1. The summed E-state index contributed by atoms with van der Waals surface area (Å²) in [7, 11) is 1.69. The smallest absolute Gasteiger partial charge is 0.311 e. The molecule has 0 heterocycles. The second kappa shape index (κ2) is 4.84. The lowest BCUT2D eigenvalue weighted by molar-refractivity contribution is -0.154. The zero-order chi connectivity index (χ0) is 10.5. The van der Waals surface area contributed by atoms with Gasteiger partial charge in [0, 0.05) is 7.05 Å². The Balaban J connectivity index is 4.00. The summed E-state index contributed by atoms with van der Waals surface area (Å²) in [6.45, 7) is 7.22. The molecule has 1 N–H and O–H groups in total. The van der Waals surface area contributed by atoms with Crippen molar-refractivity contribution in [1.29, 1.82) is 0 Å². The van der Waals surface area contributed by atoms with Crippen LogP contribution in [-0.2, 0) is 9.53 Å². The van der Waals surface area contributed by atoms with Crippen molar-refractivity contribution in [2.45, 2.75) is 33.8 Å². The van der Waals surface area contributed by atoms with Gasteiger partial charge in [-0.15, -0.1) is 0 Å². The molecule has 1 atom stereocenters. The molecule has 0 aromatic carbocycles. The zero-order valence-corrected chi connectivity index (χ0v) is 8.92. The fourth-order valence-electron chi connectivity index (χ4n) is 0.556. The first-order chi connectivity index (χ1) is 5.88. The second-order valence-electron chi connectivity index (χ2n) is 3.86. The van der Waals surface area contributed by atoms with E-state index in [0.29, 0.717) is 0 Å². The zero-order valence-electron chi connectivity index (χ0n) is 8.92. The molecule has 0 radical (unpaired) electrons. The number of esters is 1. The van der Waals surface area contributed by atoms with Gasteiger partial charge in [0.2, 0.25) is 0 Å². The van der Waals surface area contributed by atoms with E-state index in [4.69, 9.17) is 4.74 Å². The molecule has 0 amide bonds. The molecule has 0 aromatic rings. The molecule has 0 bridgehead atoms. The Kier molecular flexibility index (Phi) is 4.45. The molecule has 0 aliphatic carbocycles. The minimum atomic E-state index is -0.457. The average molecular weight is 186 g/mol. The fraction of sp³-hybridized carbons (Fsp3) is 0.778. The van der Waals surface area contributed by atoms with Crippen LogP contribution < -0.4 is 5.43 Å². The predicted molar refractivity (Wildman–Crippen MR) is 52.6 cm³/mol. The number of ether oxygens (including phenoxy) is 1. The third-order valence-electron chi connectivity index (χ3n) is 1.32. The van der Waals surface area contributed by atoms with Crippen molar-refractivity contribution in [2.24, 2.45) is 10.5 Å². The minimum Gasteiger partial charge on any atom is -0.456 e. The van der Waals surface area contributed by atoms with Crippen LogP contribution in [0, 0.1) is 5.41 Å². The molecule has 0 aliphatic heterocycles. The summed E-state index contributed by atoms with van der Waals surface area (Å²) in [5.41, 5.74) is 2.13. The van der Waals surface area contributed by atoms with E-state index in [9.17, 15) is 4.79 Å². The van der Waals surface area contributed by atoms with Crippen molar-refractivity contribution < 1.29 is 9.53 Å². The van der Waals surface area contributed by atoms with Crippen molar-refractivity contribution in [3.63, 3.8) is 0 Å². The van der Waals surface area contributed by atoms with E-state index in [1.54, 1.807) is 20.2 Å². The largest absolute Gasteiger partial charge is 0.456 e. The van der Waals surface area contributed by atoms with Gasteiger partial charge in [0.25, 0.3) is 0 Å². The molecular weight excluding hydrogens is 168 g/mol. The average Bonchev–Trinajstić information content (AvgIpc) is 1.99. The van der Waals surface area contributed by atoms with Crippen LogP contribution in [0.1, 0.15) is 27.7 Å². The summed E-state index contributed by atoms with van der Waals surface area (Å²) < 4.78 is 5.09. The first-order valence-electron chi connectivity index (χ1n) is 4.29. The highest BCUT2D eigenvalue weighted by Crippen LogP contribution is 2.15. The van der Waals surface area contributed by atoms with Gasteiger partial charge in [-0.25, -0.2) is 0 Å². The van der Waals surface area contributed by atoms with Crippen LogP contribution in [0.5, 0.6) is 0 Å². The molecule has 4 nitrogen and oxygen atoms in total. The number of nitrogens with zero attached hydrogens (tertiary/aromatic N) is 1. The Bertz CT molecular complexity index is 194. The number of carbonyl (C=O) groups excluding carboxylic acids is 1.